The van der Waals surface area contributed by atoms with Crippen LogP contribution in [0.4, 0.5) is 11.4 Å². The molecule has 2 unspecified atom stereocenters. The number of amides is 2. The average Bonchev–Trinajstić information content (AvgIpc) is 2.93. The second-order valence-corrected chi connectivity index (χ2v) is 6.99. The molecule has 2 aliphatic rings. The van der Waals surface area contributed by atoms with Gasteiger partial charge in [-0.05, 0) is 44.4 Å². The van der Waals surface area contributed by atoms with Crippen LogP contribution in [0.25, 0.3) is 0 Å². The zero-order chi connectivity index (χ0) is 16.4. The standard InChI is InChI=1S/C18H25N3O2/c1-18(19)10-3-2-8-15(18)17(23)20-13-6-4-7-14(12-13)21-11-5-9-16(21)22/h4,6-7,12,15H,2-3,5,8-11,19H2,1H3,(H,20,23). The fraction of sp³-hybridized carbons (Fsp3) is 0.556. The van der Waals surface area contributed by atoms with E-state index in [2.05, 4.69) is 5.32 Å². The van der Waals surface area contributed by atoms with Crippen LogP contribution in [0, 0.1) is 5.92 Å². The van der Waals surface area contributed by atoms with E-state index in [1.54, 1.807) is 4.90 Å². The number of rotatable bonds is 3. The van der Waals surface area contributed by atoms with Crippen molar-refractivity contribution in [1.82, 2.24) is 0 Å². The molecule has 0 spiro atoms. The summed E-state index contributed by atoms with van der Waals surface area (Å²) in [5.41, 5.74) is 7.45. The van der Waals surface area contributed by atoms with Crippen molar-refractivity contribution in [2.45, 2.75) is 51.0 Å². The molecule has 1 aromatic rings. The van der Waals surface area contributed by atoms with Gasteiger partial charge in [-0.15, -0.1) is 0 Å². The van der Waals surface area contributed by atoms with E-state index in [0.29, 0.717) is 6.42 Å². The van der Waals surface area contributed by atoms with E-state index in [1.165, 1.54) is 0 Å². The highest BCUT2D eigenvalue weighted by molar-refractivity contribution is 5.97. The van der Waals surface area contributed by atoms with Gasteiger partial charge in [0.1, 0.15) is 0 Å². The van der Waals surface area contributed by atoms with Crippen molar-refractivity contribution in [3.8, 4) is 0 Å². The molecule has 124 valence electrons. The van der Waals surface area contributed by atoms with Gasteiger partial charge in [-0.2, -0.15) is 0 Å². The lowest BCUT2D eigenvalue weighted by Crippen LogP contribution is -2.51. The largest absolute Gasteiger partial charge is 0.326 e. The van der Waals surface area contributed by atoms with Crippen LogP contribution in [0.3, 0.4) is 0 Å². The highest BCUT2D eigenvalue weighted by atomic mass is 16.2. The highest BCUT2D eigenvalue weighted by Gasteiger charge is 2.37. The number of nitrogens with one attached hydrogen (secondary N) is 1. The molecule has 2 atom stereocenters. The van der Waals surface area contributed by atoms with Crippen LogP contribution in [0.2, 0.25) is 0 Å². The fourth-order valence-electron chi connectivity index (χ4n) is 3.69. The Labute approximate surface area is 137 Å². The predicted octanol–water partition coefficient (Wildman–Crippen LogP) is 2.66. The minimum absolute atomic E-state index is 0.0143. The van der Waals surface area contributed by atoms with E-state index in [-0.39, 0.29) is 17.7 Å². The summed E-state index contributed by atoms with van der Waals surface area (Å²) >= 11 is 0. The van der Waals surface area contributed by atoms with E-state index >= 15 is 0 Å². The SMILES string of the molecule is CC1(N)CCCCC1C(=O)Nc1cccc(N2CCCC2=O)c1. The lowest BCUT2D eigenvalue weighted by Gasteiger charge is -2.37. The zero-order valence-corrected chi connectivity index (χ0v) is 13.7. The lowest BCUT2D eigenvalue weighted by molar-refractivity contribution is -0.122. The normalized spacial score (nSPS) is 28.0. The molecule has 5 heteroatoms. The number of carbonyl (C=O) groups excluding carboxylic acids is 2. The van der Waals surface area contributed by atoms with Crippen molar-refractivity contribution in [3.05, 3.63) is 24.3 Å². The van der Waals surface area contributed by atoms with Crippen LogP contribution in [0.15, 0.2) is 24.3 Å². The van der Waals surface area contributed by atoms with Gasteiger partial charge in [-0.1, -0.05) is 18.9 Å². The van der Waals surface area contributed by atoms with Crippen LogP contribution < -0.4 is 16.0 Å². The smallest absolute Gasteiger partial charge is 0.229 e. The lowest BCUT2D eigenvalue weighted by atomic mass is 9.74. The molecule has 0 bridgehead atoms. The fourth-order valence-corrected chi connectivity index (χ4v) is 3.69. The molecule has 2 fully saturated rings. The maximum atomic E-state index is 12.6. The van der Waals surface area contributed by atoms with Gasteiger partial charge >= 0.3 is 0 Å². The number of nitrogens with zero attached hydrogens (tertiary/aromatic N) is 1. The van der Waals surface area contributed by atoms with E-state index < -0.39 is 5.54 Å². The van der Waals surface area contributed by atoms with E-state index in [9.17, 15) is 9.59 Å². The van der Waals surface area contributed by atoms with Crippen LogP contribution >= 0.6 is 0 Å². The van der Waals surface area contributed by atoms with Crippen molar-refractivity contribution in [2.24, 2.45) is 11.7 Å². The topological polar surface area (TPSA) is 75.4 Å². The summed E-state index contributed by atoms with van der Waals surface area (Å²) in [5.74, 6) is -0.0248. The van der Waals surface area contributed by atoms with Gasteiger partial charge in [-0.25, -0.2) is 0 Å². The summed E-state index contributed by atoms with van der Waals surface area (Å²) in [6.07, 6.45) is 5.35. The van der Waals surface area contributed by atoms with Crippen molar-refractivity contribution < 1.29 is 9.59 Å². The third-order valence-electron chi connectivity index (χ3n) is 5.07. The van der Waals surface area contributed by atoms with Gasteiger partial charge in [0.25, 0.3) is 0 Å². The Morgan fingerprint density at radius 1 is 1.35 bits per heavy atom. The second-order valence-electron chi connectivity index (χ2n) is 6.99. The van der Waals surface area contributed by atoms with Crippen LogP contribution in [-0.2, 0) is 9.59 Å². The molecule has 23 heavy (non-hydrogen) atoms. The minimum Gasteiger partial charge on any atom is -0.326 e. The third kappa shape index (κ3) is 3.39. The summed E-state index contributed by atoms with van der Waals surface area (Å²) in [6, 6.07) is 7.52. The van der Waals surface area contributed by atoms with Gasteiger partial charge < -0.3 is 16.0 Å². The molecule has 0 aromatic heterocycles. The quantitative estimate of drug-likeness (QED) is 0.900. The summed E-state index contributed by atoms with van der Waals surface area (Å²) < 4.78 is 0. The summed E-state index contributed by atoms with van der Waals surface area (Å²) in [6.45, 7) is 2.72. The minimum atomic E-state index is -0.440. The molecule has 1 saturated carbocycles. The number of anilines is 2. The van der Waals surface area contributed by atoms with Gasteiger partial charge in [0.15, 0.2) is 0 Å². The molecular weight excluding hydrogens is 290 g/mol. The molecule has 1 aromatic carbocycles. The first-order valence-electron chi connectivity index (χ1n) is 8.47. The maximum Gasteiger partial charge on any atom is 0.229 e. The van der Waals surface area contributed by atoms with Crippen LogP contribution in [0.1, 0.15) is 45.4 Å². The Balaban J connectivity index is 1.72. The molecule has 0 radical (unpaired) electrons. The monoisotopic (exact) mass is 315 g/mol. The van der Waals surface area contributed by atoms with Crippen molar-refractivity contribution >= 4 is 23.2 Å². The predicted molar refractivity (Wildman–Crippen MR) is 91.2 cm³/mol. The molecular formula is C18H25N3O2. The van der Waals surface area contributed by atoms with Gasteiger partial charge in [-0.3, -0.25) is 9.59 Å². The maximum absolute atomic E-state index is 12.6. The highest BCUT2D eigenvalue weighted by Crippen LogP contribution is 2.33. The number of hydrogen-bond donors (Lipinski definition) is 2. The number of benzene rings is 1. The Kier molecular flexibility index (Phi) is 4.39. The third-order valence-corrected chi connectivity index (χ3v) is 5.07. The van der Waals surface area contributed by atoms with Crippen molar-refractivity contribution in [2.75, 3.05) is 16.8 Å². The molecule has 1 aliphatic carbocycles. The average molecular weight is 315 g/mol. The molecule has 5 nitrogen and oxygen atoms in total. The molecule has 1 saturated heterocycles. The van der Waals surface area contributed by atoms with E-state index in [4.69, 9.17) is 5.73 Å². The number of hydrogen-bond acceptors (Lipinski definition) is 3. The molecule has 3 N–H and O–H groups in total. The van der Waals surface area contributed by atoms with E-state index in [0.717, 1.165) is 50.0 Å². The Bertz CT molecular complexity index is 612. The number of nitrogens with two attached hydrogens (primary N) is 1. The summed E-state index contributed by atoms with van der Waals surface area (Å²) in [7, 11) is 0. The Morgan fingerprint density at radius 3 is 2.87 bits per heavy atom. The Hall–Kier alpha value is -1.88. The van der Waals surface area contributed by atoms with Gasteiger partial charge in [0, 0.05) is 29.9 Å². The number of carbonyl (C=O) groups is 2. The van der Waals surface area contributed by atoms with Gasteiger partial charge in [0.2, 0.25) is 11.8 Å². The first-order valence-corrected chi connectivity index (χ1v) is 8.47. The second kappa shape index (κ2) is 6.32. The van der Waals surface area contributed by atoms with Crippen LogP contribution in [0.5, 0.6) is 0 Å². The van der Waals surface area contributed by atoms with Crippen LogP contribution in [-0.4, -0.2) is 23.9 Å². The van der Waals surface area contributed by atoms with Crippen molar-refractivity contribution in [3.63, 3.8) is 0 Å². The van der Waals surface area contributed by atoms with E-state index in [1.807, 2.05) is 31.2 Å². The summed E-state index contributed by atoms with van der Waals surface area (Å²) in [4.78, 5) is 26.3. The molecule has 2 amide bonds. The molecule has 1 aliphatic heterocycles. The summed E-state index contributed by atoms with van der Waals surface area (Å²) in [5, 5.41) is 2.99. The Morgan fingerprint density at radius 2 is 2.17 bits per heavy atom. The molecule has 1 heterocycles. The molecule has 3 rings (SSSR count). The zero-order valence-electron chi connectivity index (χ0n) is 13.7. The first-order chi connectivity index (χ1) is 11.0. The van der Waals surface area contributed by atoms with Gasteiger partial charge in [0.05, 0.1) is 5.92 Å². The first kappa shape index (κ1) is 16.0. The van der Waals surface area contributed by atoms with Crippen molar-refractivity contribution in [1.29, 1.82) is 0 Å².